The standard InChI is InChI=1S/C23H25N3O3S/c1-26(2)14-15-7-8-18-19(9-15)30-20(25-18)13-24-22(29)23(12-21(27)28)10-16-5-3-4-6-17(16)11-23/h3-9H,10-14H2,1-2H3,(H,24,29)(H,27,28). The second-order valence-electron chi connectivity index (χ2n) is 8.30. The van der Waals surface area contributed by atoms with E-state index in [1.807, 2.05) is 44.4 Å². The van der Waals surface area contributed by atoms with E-state index in [-0.39, 0.29) is 12.3 Å². The highest BCUT2D eigenvalue weighted by atomic mass is 32.1. The molecular weight excluding hydrogens is 398 g/mol. The van der Waals surface area contributed by atoms with Gasteiger partial charge in [0.05, 0.1) is 28.6 Å². The predicted molar refractivity (Wildman–Crippen MR) is 117 cm³/mol. The van der Waals surface area contributed by atoms with Gasteiger partial charge in [0.2, 0.25) is 5.91 Å². The highest BCUT2D eigenvalue weighted by Gasteiger charge is 2.45. The number of fused-ring (bicyclic) bond motifs is 2. The van der Waals surface area contributed by atoms with Crippen molar-refractivity contribution in [1.29, 1.82) is 0 Å². The Morgan fingerprint density at radius 3 is 2.50 bits per heavy atom. The zero-order valence-electron chi connectivity index (χ0n) is 17.1. The smallest absolute Gasteiger partial charge is 0.304 e. The lowest BCUT2D eigenvalue weighted by atomic mass is 9.80. The Bertz CT molecular complexity index is 1080. The van der Waals surface area contributed by atoms with Gasteiger partial charge in [-0.25, -0.2) is 4.98 Å². The molecule has 0 spiro atoms. The molecule has 2 N–H and O–H groups in total. The van der Waals surface area contributed by atoms with E-state index >= 15 is 0 Å². The number of hydrogen-bond acceptors (Lipinski definition) is 5. The van der Waals surface area contributed by atoms with Crippen molar-refractivity contribution in [2.45, 2.75) is 32.4 Å². The predicted octanol–water partition coefficient (Wildman–Crippen LogP) is 3.23. The van der Waals surface area contributed by atoms with Crippen LogP contribution in [0.2, 0.25) is 0 Å². The van der Waals surface area contributed by atoms with Gasteiger partial charge in [0.15, 0.2) is 0 Å². The zero-order valence-corrected chi connectivity index (χ0v) is 18.0. The van der Waals surface area contributed by atoms with E-state index in [9.17, 15) is 14.7 Å². The van der Waals surface area contributed by atoms with Crippen molar-refractivity contribution in [1.82, 2.24) is 15.2 Å². The summed E-state index contributed by atoms with van der Waals surface area (Å²) in [6.45, 7) is 1.16. The molecule has 30 heavy (non-hydrogen) atoms. The van der Waals surface area contributed by atoms with Crippen molar-refractivity contribution >= 4 is 33.4 Å². The number of nitrogens with one attached hydrogen (secondary N) is 1. The first kappa shape index (κ1) is 20.5. The first-order valence-electron chi connectivity index (χ1n) is 9.95. The summed E-state index contributed by atoms with van der Waals surface area (Å²) in [7, 11) is 4.07. The number of rotatable bonds is 7. The molecule has 0 fully saturated rings. The first-order valence-corrected chi connectivity index (χ1v) is 10.8. The lowest BCUT2D eigenvalue weighted by Crippen LogP contribution is -2.43. The molecule has 156 valence electrons. The highest BCUT2D eigenvalue weighted by molar-refractivity contribution is 7.18. The molecule has 1 heterocycles. The van der Waals surface area contributed by atoms with E-state index in [4.69, 9.17) is 0 Å². The maximum atomic E-state index is 13.1. The van der Waals surface area contributed by atoms with Gasteiger partial charge in [-0.3, -0.25) is 9.59 Å². The molecule has 0 atom stereocenters. The molecule has 3 aromatic rings. The number of carbonyl (C=O) groups is 2. The van der Waals surface area contributed by atoms with E-state index in [2.05, 4.69) is 27.3 Å². The Morgan fingerprint density at radius 2 is 1.87 bits per heavy atom. The molecular formula is C23H25N3O3S. The van der Waals surface area contributed by atoms with Gasteiger partial charge in [-0.05, 0) is 55.8 Å². The summed E-state index contributed by atoms with van der Waals surface area (Å²) in [6, 6.07) is 14.0. The fraction of sp³-hybridized carbons (Fsp3) is 0.348. The SMILES string of the molecule is CN(C)Cc1ccc2nc(CNC(=O)C3(CC(=O)O)Cc4ccccc4C3)sc2c1. The summed E-state index contributed by atoms with van der Waals surface area (Å²) in [6.07, 6.45) is 0.728. The van der Waals surface area contributed by atoms with Crippen LogP contribution in [0.15, 0.2) is 42.5 Å². The highest BCUT2D eigenvalue weighted by Crippen LogP contribution is 2.40. The fourth-order valence-corrected chi connectivity index (χ4v) is 5.22. The Balaban J connectivity index is 1.49. The molecule has 1 aromatic heterocycles. The molecule has 0 radical (unpaired) electrons. The molecule has 4 rings (SSSR count). The van der Waals surface area contributed by atoms with Crippen LogP contribution in [-0.4, -0.2) is 41.0 Å². The van der Waals surface area contributed by atoms with Gasteiger partial charge in [0.1, 0.15) is 5.01 Å². The molecule has 0 bridgehead atoms. The van der Waals surface area contributed by atoms with Crippen LogP contribution in [0.1, 0.15) is 28.1 Å². The number of benzene rings is 2. The molecule has 0 unspecified atom stereocenters. The van der Waals surface area contributed by atoms with Crippen molar-refractivity contribution in [3.05, 3.63) is 64.2 Å². The van der Waals surface area contributed by atoms with Crippen molar-refractivity contribution in [3.63, 3.8) is 0 Å². The minimum Gasteiger partial charge on any atom is -0.481 e. The van der Waals surface area contributed by atoms with Crippen LogP contribution in [0.5, 0.6) is 0 Å². The molecule has 1 aliphatic carbocycles. The average Bonchev–Trinajstić information content (AvgIpc) is 3.25. The molecule has 1 aliphatic rings. The van der Waals surface area contributed by atoms with Gasteiger partial charge >= 0.3 is 5.97 Å². The zero-order chi connectivity index (χ0) is 21.3. The third-order valence-corrected chi connectivity index (χ3v) is 6.56. The van der Waals surface area contributed by atoms with E-state index in [0.29, 0.717) is 19.4 Å². The molecule has 0 saturated carbocycles. The van der Waals surface area contributed by atoms with Crippen molar-refractivity contribution in [2.75, 3.05) is 14.1 Å². The van der Waals surface area contributed by atoms with Crippen molar-refractivity contribution < 1.29 is 14.7 Å². The number of carboxylic acid groups (broad SMARTS) is 1. The van der Waals surface area contributed by atoms with Gasteiger partial charge in [-0.2, -0.15) is 0 Å². The summed E-state index contributed by atoms with van der Waals surface area (Å²) < 4.78 is 1.09. The molecule has 6 nitrogen and oxygen atoms in total. The third kappa shape index (κ3) is 4.22. The van der Waals surface area contributed by atoms with E-state index in [0.717, 1.165) is 32.9 Å². The van der Waals surface area contributed by atoms with E-state index in [1.54, 1.807) is 11.3 Å². The average molecular weight is 424 g/mol. The van der Waals surface area contributed by atoms with Crippen LogP contribution >= 0.6 is 11.3 Å². The topological polar surface area (TPSA) is 82.5 Å². The molecule has 2 aromatic carbocycles. The number of carbonyl (C=O) groups excluding carboxylic acids is 1. The summed E-state index contributed by atoms with van der Waals surface area (Å²) in [5.74, 6) is -1.17. The minimum atomic E-state index is -0.952. The second kappa shape index (κ2) is 8.16. The van der Waals surface area contributed by atoms with Crippen LogP contribution in [-0.2, 0) is 35.5 Å². The normalized spacial score (nSPS) is 14.8. The minimum absolute atomic E-state index is 0.179. The summed E-state index contributed by atoms with van der Waals surface area (Å²) >= 11 is 1.56. The Morgan fingerprint density at radius 1 is 1.17 bits per heavy atom. The van der Waals surface area contributed by atoms with Crippen LogP contribution < -0.4 is 5.32 Å². The van der Waals surface area contributed by atoms with Crippen LogP contribution in [0.4, 0.5) is 0 Å². The van der Waals surface area contributed by atoms with Gasteiger partial charge in [0, 0.05) is 6.54 Å². The lowest BCUT2D eigenvalue weighted by Gasteiger charge is -2.25. The van der Waals surface area contributed by atoms with E-state index < -0.39 is 11.4 Å². The van der Waals surface area contributed by atoms with Crippen molar-refractivity contribution in [3.8, 4) is 0 Å². The second-order valence-corrected chi connectivity index (χ2v) is 9.42. The largest absolute Gasteiger partial charge is 0.481 e. The number of carboxylic acids is 1. The quantitative estimate of drug-likeness (QED) is 0.610. The fourth-order valence-electron chi connectivity index (χ4n) is 4.25. The van der Waals surface area contributed by atoms with Crippen molar-refractivity contribution in [2.24, 2.45) is 5.41 Å². The Kier molecular flexibility index (Phi) is 5.58. The number of amides is 1. The van der Waals surface area contributed by atoms with Crippen LogP contribution in [0.25, 0.3) is 10.2 Å². The van der Waals surface area contributed by atoms with Crippen LogP contribution in [0, 0.1) is 5.41 Å². The molecule has 1 amide bonds. The first-order chi connectivity index (χ1) is 14.3. The number of aliphatic carboxylic acids is 1. The molecule has 0 saturated heterocycles. The maximum Gasteiger partial charge on any atom is 0.304 e. The van der Waals surface area contributed by atoms with Gasteiger partial charge in [-0.15, -0.1) is 11.3 Å². The third-order valence-electron chi connectivity index (χ3n) is 5.54. The number of hydrogen-bond donors (Lipinski definition) is 2. The summed E-state index contributed by atoms with van der Waals surface area (Å²) in [5, 5.41) is 13.2. The van der Waals surface area contributed by atoms with Gasteiger partial charge in [0.25, 0.3) is 0 Å². The van der Waals surface area contributed by atoms with Gasteiger partial charge in [-0.1, -0.05) is 30.3 Å². The Labute approximate surface area is 179 Å². The number of nitrogens with zero attached hydrogens (tertiary/aromatic N) is 2. The maximum absolute atomic E-state index is 13.1. The van der Waals surface area contributed by atoms with E-state index in [1.165, 1.54) is 5.56 Å². The van der Waals surface area contributed by atoms with Gasteiger partial charge < -0.3 is 15.3 Å². The Hall–Kier alpha value is -2.77. The summed E-state index contributed by atoms with van der Waals surface area (Å²) in [4.78, 5) is 31.4. The summed E-state index contributed by atoms with van der Waals surface area (Å²) in [5.41, 5.74) is 3.31. The number of thiazole rings is 1. The monoisotopic (exact) mass is 423 g/mol. The lowest BCUT2D eigenvalue weighted by molar-refractivity contribution is -0.145. The van der Waals surface area contributed by atoms with Crippen LogP contribution in [0.3, 0.4) is 0 Å². The molecule has 0 aliphatic heterocycles. The molecule has 7 heteroatoms. The number of aromatic nitrogens is 1.